The monoisotopic (exact) mass is 260 g/mol. The molecule has 0 saturated heterocycles. The van der Waals surface area contributed by atoms with Crippen LogP contribution in [0.2, 0.25) is 0 Å². The highest BCUT2D eigenvalue weighted by atomic mass is 32.1. The third-order valence-corrected chi connectivity index (χ3v) is 4.01. The summed E-state index contributed by atoms with van der Waals surface area (Å²) in [5.41, 5.74) is 2.69. The molecule has 0 bridgehead atoms. The van der Waals surface area contributed by atoms with E-state index in [1.54, 1.807) is 0 Å². The molecule has 18 heavy (non-hydrogen) atoms. The Kier molecular flexibility index (Phi) is 4.50. The first-order chi connectivity index (χ1) is 8.72. The Morgan fingerprint density at radius 2 is 2.00 bits per heavy atom. The van der Waals surface area contributed by atoms with E-state index in [2.05, 4.69) is 49.3 Å². The molecule has 0 fully saturated rings. The van der Waals surface area contributed by atoms with Gasteiger partial charge in [0.2, 0.25) is 0 Å². The number of hydrogen-bond donors (Lipinski definition) is 1. The molecule has 1 atom stereocenters. The van der Waals surface area contributed by atoms with Crippen LogP contribution in [-0.4, -0.2) is 11.5 Å². The fourth-order valence-electron chi connectivity index (χ4n) is 2.19. The normalized spacial score (nSPS) is 12.6. The van der Waals surface area contributed by atoms with Gasteiger partial charge in [0.1, 0.15) is 0 Å². The molecule has 2 heterocycles. The standard InChI is InChI=1S/C15H20N2S/c1-4-7-17-15(13-5-8-16-9-6-13)14-10-11(2)18-12(14)3/h5-6,8-10,15,17H,4,7H2,1-3H3. The lowest BCUT2D eigenvalue weighted by Gasteiger charge is -2.19. The van der Waals surface area contributed by atoms with Gasteiger partial charge in [-0.1, -0.05) is 6.92 Å². The molecule has 96 valence electrons. The van der Waals surface area contributed by atoms with Crippen molar-refractivity contribution in [3.05, 3.63) is 51.5 Å². The minimum absolute atomic E-state index is 0.290. The molecule has 0 amide bonds. The lowest BCUT2D eigenvalue weighted by Crippen LogP contribution is -2.23. The van der Waals surface area contributed by atoms with E-state index in [0.717, 1.165) is 13.0 Å². The van der Waals surface area contributed by atoms with Crippen LogP contribution in [0.1, 0.15) is 40.3 Å². The van der Waals surface area contributed by atoms with Crippen molar-refractivity contribution in [2.75, 3.05) is 6.54 Å². The first-order valence-corrected chi connectivity index (χ1v) is 7.24. The van der Waals surface area contributed by atoms with Crippen LogP contribution in [0.3, 0.4) is 0 Å². The van der Waals surface area contributed by atoms with Gasteiger partial charge >= 0.3 is 0 Å². The first kappa shape index (κ1) is 13.2. The van der Waals surface area contributed by atoms with Gasteiger partial charge in [-0.05, 0) is 56.1 Å². The second-order valence-corrected chi connectivity index (χ2v) is 6.00. The Morgan fingerprint density at radius 3 is 2.56 bits per heavy atom. The number of nitrogens with one attached hydrogen (secondary N) is 1. The molecule has 2 nitrogen and oxygen atoms in total. The molecule has 2 aromatic rings. The fourth-order valence-corrected chi connectivity index (χ4v) is 3.15. The van der Waals surface area contributed by atoms with Crippen molar-refractivity contribution in [1.82, 2.24) is 10.3 Å². The SMILES string of the molecule is CCCNC(c1ccncc1)c1cc(C)sc1C. The third kappa shape index (κ3) is 2.98. The Morgan fingerprint density at radius 1 is 1.28 bits per heavy atom. The largest absolute Gasteiger partial charge is 0.306 e. The van der Waals surface area contributed by atoms with E-state index in [-0.39, 0.29) is 6.04 Å². The molecular weight excluding hydrogens is 240 g/mol. The maximum Gasteiger partial charge on any atom is 0.0588 e. The molecule has 0 aliphatic carbocycles. The molecule has 0 aliphatic rings. The fraction of sp³-hybridized carbons (Fsp3) is 0.400. The zero-order chi connectivity index (χ0) is 13.0. The van der Waals surface area contributed by atoms with Crippen LogP contribution in [0.25, 0.3) is 0 Å². The van der Waals surface area contributed by atoms with Crippen molar-refractivity contribution in [2.24, 2.45) is 0 Å². The molecule has 1 unspecified atom stereocenters. The second kappa shape index (κ2) is 6.12. The van der Waals surface area contributed by atoms with Crippen molar-refractivity contribution in [3.63, 3.8) is 0 Å². The van der Waals surface area contributed by atoms with Gasteiger partial charge in [0.05, 0.1) is 6.04 Å². The summed E-state index contributed by atoms with van der Waals surface area (Å²) in [6, 6.07) is 6.78. The number of hydrogen-bond acceptors (Lipinski definition) is 3. The number of pyridine rings is 1. The van der Waals surface area contributed by atoms with Gasteiger partial charge in [-0.15, -0.1) is 11.3 Å². The van der Waals surface area contributed by atoms with Gasteiger partial charge < -0.3 is 5.32 Å². The molecule has 2 aromatic heterocycles. The third-order valence-electron chi connectivity index (χ3n) is 3.03. The topological polar surface area (TPSA) is 24.9 Å². The average molecular weight is 260 g/mol. The number of thiophene rings is 1. The second-order valence-electron chi connectivity index (χ2n) is 4.54. The maximum atomic E-state index is 4.10. The van der Waals surface area contributed by atoms with Gasteiger partial charge in [-0.2, -0.15) is 0 Å². The van der Waals surface area contributed by atoms with Crippen LogP contribution in [-0.2, 0) is 0 Å². The van der Waals surface area contributed by atoms with Crippen molar-refractivity contribution >= 4 is 11.3 Å². The number of nitrogens with zero attached hydrogens (tertiary/aromatic N) is 1. The van der Waals surface area contributed by atoms with Crippen LogP contribution in [0.4, 0.5) is 0 Å². The molecule has 0 radical (unpaired) electrons. The summed E-state index contributed by atoms with van der Waals surface area (Å²) in [4.78, 5) is 6.88. The number of aryl methyl sites for hydroxylation is 2. The summed E-state index contributed by atoms with van der Waals surface area (Å²) in [6.07, 6.45) is 4.87. The summed E-state index contributed by atoms with van der Waals surface area (Å²) in [7, 11) is 0. The molecule has 0 spiro atoms. The van der Waals surface area contributed by atoms with Crippen LogP contribution < -0.4 is 5.32 Å². The van der Waals surface area contributed by atoms with E-state index in [0.29, 0.717) is 0 Å². The van der Waals surface area contributed by atoms with E-state index in [9.17, 15) is 0 Å². The Hall–Kier alpha value is -1.19. The minimum Gasteiger partial charge on any atom is -0.306 e. The minimum atomic E-state index is 0.290. The van der Waals surface area contributed by atoms with E-state index < -0.39 is 0 Å². The molecule has 1 N–H and O–H groups in total. The summed E-state index contributed by atoms with van der Waals surface area (Å²) in [5, 5.41) is 3.64. The van der Waals surface area contributed by atoms with Gasteiger partial charge in [0.15, 0.2) is 0 Å². The Balaban J connectivity index is 2.34. The van der Waals surface area contributed by atoms with E-state index in [4.69, 9.17) is 0 Å². The van der Waals surface area contributed by atoms with Crippen LogP contribution in [0.5, 0.6) is 0 Å². The van der Waals surface area contributed by atoms with Gasteiger partial charge in [-0.3, -0.25) is 4.98 Å². The van der Waals surface area contributed by atoms with Gasteiger partial charge in [-0.25, -0.2) is 0 Å². The number of rotatable bonds is 5. The lowest BCUT2D eigenvalue weighted by molar-refractivity contribution is 0.597. The molecule has 0 aromatic carbocycles. The van der Waals surface area contributed by atoms with Crippen molar-refractivity contribution < 1.29 is 0 Å². The highest BCUT2D eigenvalue weighted by Crippen LogP contribution is 2.30. The van der Waals surface area contributed by atoms with Crippen LogP contribution in [0, 0.1) is 13.8 Å². The summed E-state index contributed by atoms with van der Waals surface area (Å²) < 4.78 is 0. The van der Waals surface area contributed by atoms with Crippen molar-refractivity contribution in [3.8, 4) is 0 Å². The summed E-state index contributed by atoms with van der Waals surface area (Å²) in [6.45, 7) is 7.60. The average Bonchev–Trinajstić information content (AvgIpc) is 2.70. The number of aromatic nitrogens is 1. The molecular formula is C15H20N2S. The van der Waals surface area contributed by atoms with Crippen molar-refractivity contribution in [2.45, 2.75) is 33.2 Å². The Labute approximate surface area is 113 Å². The Bertz CT molecular complexity index is 490. The zero-order valence-electron chi connectivity index (χ0n) is 11.2. The molecule has 2 rings (SSSR count). The highest BCUT2D eigenvalue weighted by molar-refractivity contribution is 7.12. The summed E-state index contributed by atoms with van der Waals surface area (Å²) >= 11 is 1.87. The van der Waals surface area contributed by atoms with Crippen molar-refractivity contribution in [1.29, 1.82) is 0 Å². The van der Waals surface area contributed by atoms with Crippen LogP contribution in [0.15, 0.2) is 30.6 Å². The zero-order valence-corrected chi connectivity index (χ0v) is 12.1. The van der Waals surface area contributed by atoms with E-state index >= 15 is 0 Å². The molecule has 3 heteroatoms. The van der Waals surface area contributed by atoms with E-state index in [1.165, 1.54) is 20.9 Å². The van der Waals surface area contributed by atoms with E-state index in [1.807, 2.05) is 23.7 Å². The summed E-state index contributed by atoms with van der Waals surface area (Å²) in [5.74, 6) is 0. The quantitative estimate of drug-likeness (QED) is 0.883. The van der Waals surface area contributed by atoms with Gasteiger partial charge in [0.25, 0.3) is 0 Å². The maximum absolute atomic E-state index is 4.10. The molecule has 0 saturated carbocycles. The smallest absolute Gasteiger partial charge is 0.0588 e. The lowest BCUT2D eigenvalue weighted by atomic mass is 10.00. The predicted octanol–water partition coefficient (Wildman–Crippen LogP) is 3.85. The molecule has 0 aliphatic heterocycles. The first-order valence-electron chi connectivity index (χ1n) is 6.42. The van der Waals surface area contributed by atoms with Gasteiger partial charge in [0, 0.05) is 22.1 Å². The predicted molar refractivity (Wildman–Crippen MR) is 78.2 cm³/mol. The van der Waals surface area contributed by atoms with Crippen LogP contribution >= 0.6 is 11.3 Å². The highest BCUT2D eigenvalue weighted by Gasteiger charge is 2.17.